The zero-order valence-corrected chi connectivity index (χ0v) is 7.65. The Morgan fingerprint density at radius 3 is 2.87 bits per heavy atom. The maximum absolute atomic E-state index is 10.7. The molecule has 1 aromatic carbocycles. The first-order valence-corrected chi connectivity index (χ1v) is 4.49. The lowest BCUT2D eigenvalue weighted by Crippen LogP contribution is -1.91. The number of H-pyrrole nitrogens is 1. The number of nitrogens with one attached hydrogen (secondary N) is 1. The highest BCUT2D eigenvalue weighted by Gasteiger charge is 2.14. The first kappa shape index (κ1) is 8.11. The third kappa shape index (κ3) is 1.05. The van der Waals surface area contributed by atoms with Crippen LogP contribution in [-0.2, 0) is 0 Å². The van der Waals surface area contributed by atoms with Crippen LogP contribution in [0.2, 0.25) is 0 Å². The van der Waals surface area contributed by atoms with Crippen molar-refractivity contribution in [2.75, 3.05) is 0 Å². The molecule has 0 radical (unpaired) electrons. The molecule has 0 atom stereocenters. The minimum atomic E-state index is -1.05. The standard InChI is InChI=1S/C11H7NO3/c13-11(14)9-5-8-10(15-9)6-3-1-2-4-7(6)12-8/h1-5,12H,(H,13,14). The summed E-state index contributed by atoms with van der Waals surface area (Å²) in [5, 5.41) is 9.67. The number of hydrogen-bond acceptors (Lipinski definition) is 2. The van der Waals surface area contributed by atoms with Crippen LogP contribution in [0.1, 0.15) is 10.6 Å². The van der Waals surface area contributed by atoms with E-state index in [1.165, 1.54) is 6.07 Å². The molecule has 2 heterocycles. The summed E-state index contributed by atoms with van der Waals surface area (Å²) in [5.74, 6) is -1.09. The molecule has 3 rings (SSSR count). The predicted molar refractivity (Wildman–Crippen MR) is 55.0 cm³/mol. The van der Waals surface area contributed by atoms with E-state index in [0.717, 1.165) is 10.9 Å². The van der Waals surface area contributed by atoms with Crippen molar-refractivity contribution in [1.82, 2.24) is 4.98 Å². The second-order valence-electron chi connectivity index (χ2n) is 3.33. The third-order valence-corrected chi connectivity index (χ3v) is 2.38. The predicted octanol–water partition coefficient (Wildman–Crippen LogP) is 2.61. The van der Waals surface area contributed by atoms with Gasteiger partial charge in [0, 0.05) is 17.0 Å². The molecule has 0 unspecified atom stereocenters. The molecule has 15 heavy (non-hydrogen) atoms. The molecule has 0 aliphatic rings. The highest BCUT2D eigenvalue weighted by molar-refractivity contribution is 6.05. The Bertz CT molecular complexity index is 663. The second-order valence-corrected chi connectivity index (χ2v) is 3.33. The fraction of sp³-hybridized carbons (Fsp3) is 0. The van der Waals surface area contributed by atoms with E-state index in [-0.39, 0.29) is 5.76 Å². The van der Waals surface area contributed by atoms with Gasteiger partial charge in [-0.15, -0.1) is 0 Å². The number of benzene rings is 1. The van der Waals surface area contributed by atoms with E-state index in [2.05, 4.69) is 4.98 Å². The number of carboxylic acid groups (broad SMARTS) is 1. The Hall–Kier alpha value is -2.23. The van der Waals surface area contributed by atoms with Crippen molar-refractivity contribution in [2.45, 2.75) is 0 Å². The molecule has 0 amide bonds. The van der Waals surface area contributed by atoms with Gasteiger partial charge in [0.05, 0.1) is 5.52 Å². The van der Waals surface area contributed by atoms with Gasteiger partial charge in [-0.3, -0.25) is 0 Å². The molecule has 3 aromatic rings. The quantitative estimate of drug-likeness (QED) is 0.635. The van der Waals surface area contributed by atoms with Gasteiger partial charge in [-0.25, -0.2) is 4.79 Å². The first-order valence-electron chi connectivity index (χ1n) is 4.49. The summed E-state index contributed by atoms with van der Waals surface area (Å²) < 4.78 is 5.25. The van der Waals surface area contributed by atoms with E-state index in [0.29, 0.717) is 11.1 Å². The average molecular weight is 201 g/mol. The number of carbonyl (C=O) groups is 1. The van der Waals surface area contributed by atoms with Gasteiger partial charge in [-0.1, -0.05) is 12.1 Å². The molecule has 4 nitrogen and oxygen atoms in total. The van der Waals surface area contributed by atoms with Crippen LogP contribution in [0.5, 0.6) is 0 Å². The molecule has 0 aliphatic carbocycles. The Morgan fingerprint density at radius 2 is 2.07 bits per heavy atom. The largest absolute Gasteiger partial charge is 0.475 e. The molecule has 0 aliphatic heterocycles. The van der Waals surface area contributed by atoms with Gasteiger partial charge >= 0.3 is 5.97 Å². The number of aromatic amines is 1. The Labute approximate surface area is 84.1 Å². The Kier molecular flexibility index (Phi) is 1.42. The lowest BCUT2D eigenvalue weighted by atomic mass is 10.2. The lowest BCUT2D eigenvalue weighted by Gasteiger charge is -1.87. The summed E-state index contributed by atoms with van der Waals surface area (Å²) in [6.45, 7) is 0. The van der Waals surface area contributed by atoms with Crippen LogP contribution in [0.4, 0.5) is 0 Å². The van der Waals surface area contributed by atoms with Gasteiger partial charge in [-0.05, 0) is 12.1 Å². The highest BCUT2D eigenvalue weighted by Crippen LogP contribution is 2.27. The topological polar surface area (TPSA) is 66.2 Å². The second kappa shape index (κ2) is 2.63. The summed E-state index contributed by atoms with van der Waals surface area (Å²) in [6.07, 6.45) is 0. The van der Waals surface area contributed by atoms with Gasteiger partial charge in [0.2, 0.25) is 5.76 Å². The molecule has 0 spiro atoms. The molecular weight excluding hydrogens is 194 g/mol. The summed E-state index contributed by atoms with van der Waals surface area (Å²) in [5.41, 5.74) is 2.26. The van der Waals surface area contributed by atoms with Gasteiger partial charge in [0.15, 0.2) is 5.58 Å². The summed E-state index contributed by atoms with van der Waals surface area (Å²) in [6, 6.07) is 9.11. The van der Waals surface area contributed by atoms with Gasteiger partial charge in [-0.2, -0.15) is 0 Å². The normalized spacial score (nSPS) is 11.2. The van der Waals surface area contributed by atoms with Crippen molar-refractivity contribution in [3.63, 3.8) is 0 Å². The van der Waals surface area contributed by atoms with E-state index in [9.17, 15) is 4.79 Å². The number of aromatic nitrogens is 1. The van der Waals surface area contributed by atoms with Crippen molar-refractivity contribution in [3.8, 4) is 0 Å². The smallest absolute Gasteiger partial charge is 0.371 e. The molecule has 0 saturated carbocycles. The molecule has 4 heteroatoms. The number of rotatable bonds is 1. The van der Waals surface area contributed by atoms with Crippen LogP contribution < -0.4 is 0 Å². The van der Waals surface area contributed by atoms with Crippen molar-refractivity contribution < 1.29 is 14.3 Å². The van der Waals surface area contributed by atoms with Crippen molar-refractivity contribution in [3.05, 3.63) is 36.1 Å². The van der Waals surface area contributed by atoms with Crippen LogP contribution in [0.3, 0.4) is 0 Å². The summed E-state index contributed by atoms with van der Waals surface area (Å²) in [7, 11) is 0. The van der Waals surface area contributed by atoms with Crippen LogP contribution in [0, 0.1) is 0 Å². The van der Waals surface area contributed by atoms with Gasteiger partial charge in [0.1, 0.15) is 0 Å². The Balaban J connectivity index is 2.42. The first-order chi connectivity index (χ1) is 7.25. The minimum Gasteiger partial charge on any atom is -0.475 e. The van der Waals surface area contributed by atoms with Crippen LogP contribution in [0.15, 0.2) is 34.7 Å². The van der Waals surface area contributed by atoms with E-state index in [4.69, 9.17) is 9.52 Å². The number of furan rings is 1. The summed E-state index contributed by atoms with van der Waals surface area (Å²) >= 11 is 0. The van der Waals surface area contributed by atoms with Crippen LogP contribution >= 0.6 is 0 Å². The lowest BCUT2D eigenvalue weighted by molar-refractivity contribution is 0.0665. The maximum atomic E-state index is 10.7. The van der Waals surface area contributed by atoms with Gasteiger partial charge < -0.3 is 14.5 Å². The fourth-order valence-electron chi connectivity index (χ4n) is 1.72. The third-order valence-electron chi connectivity index (χ3n) is 2.38. The molecular formula is C11H7NO3. The van der Waals surface area contributed by atoms with Crippen molar-refractivity contribution in [2.24, 2.45) is 0 Å². The van der Waals surface area contributed by atoms with E-state index in [1.54, 1.807) is 0 Å². The summed E-state index contributed by atoms with van der Waals surface area (Å²) in [4.78, 5) is 13.8. The number of carboxylic acids is 1. The van der Waals surface area contributed by atoms with E-state index < -0.39 is 5.97 Å². The van der Waals surface area contributed by atoms with Crippen LogP contribution in [-0.4, -0.2) is 16.1 Å². The molecule has 74 valence electrons. The number of fused-ring (bicyclic) bond motifs is 3. The number of aromatic carboxylic acids is 1. The molecule has 0 fully saturated rings. The molecule has 0 saturated heterocycles. The van der Waals surface area contributed by atoms with Gasteiger partial charge in [0.25, 0.3) is 0 Å². The Morgan fingerprint density at radius 1 is 1.27 bits per heavy atom. The van der Waals surface area contributed by atoms with Crippen molar-refractivity contribution in [1.29, 1.82) is 0 Å². The fourth-order valence-corrected chi connectivity index (χ4v) is 1.72. The average Bonchev–Trinajstić information content (AvgIpc) is 2.73. The number of para-hydroxylation sites is 1. The highest BCUT2D eigenvalue weighted by atomic mass is 16.4. The number of hydrogen-bond donors (Lipinski definition) is 2. The van der Waals surface area contributed by atoms with Crippen LogP contribution in [0.25, 0.3) is 22.0 Å². The zero-order valence-electron chi connectivity index (χ0n) is 7.65. The SMILES string of the molecule is O=C(O)c1cc2[nH]c3ccccc3c2o1. The molecule has 2 aromatic heterocycles. The van der Waals surface area contributed by atoms with E-state index in [1.807, 2.05) is 24.3 Å². The monoisotopic (exact) mass is 201 g/mol. The van der Waals surface area contributed by atoms with Crippen molar-refractivity contribution >= 4 is 28.0 Å². The molecule has 2 N–H and O–H groups in total. The molecule has 0 bridgehead atoms. The minimum absolute atomic E-state index is 0.0398. The maximum Gasteiger partial charge on any atom is 0.371 e. The van der Waals surface area contributed by atoms with E-state index >= 15 is 0 Å². The zero-order chi connectivity index (χ0) is 10.4.